The van der Waals surface area contributed by atoms with E-state index in [-0.39, 0.29) is 0 Å². The van der Waals surface area contributed by atoms with Crippen molar-refractivity contribution in [1.82, 2.24) is 5.32 Å². The molecule has 80 valence electrons. The minimum Gasteiger partial charge on any atom is -0.313 e. The first-order valence-electron chi connectivity index (χ1n) is 5.26. The Morgan fingerprint density at radius 2 is 1.85 bits per heavy atom. The predicted molar refractivity (Wildman–Crippen MR) is 60.5 cm³/mol. The van der Waals surface area contributed by atoms with E-state index < -0.39 is 10.8 Å². The van der Waals surface area contributed by atoms with E-state index in [0.717, 1.165) is 25.1 Å². The molecule has 0 aromatic carbocycles. The molecule has 0 aliphatic rings. The minimum absolute atomic E-state index is 0.340. The molecule has 13 heavy (non-hydrogen) atoms. The second-order valence-electron chi connectivity index (χ2n) is 3.43. The van der Waals surface area contributed by atoms with Gasteiger partial charge in [-0.05, 0) is 19.4 Å². The Labute approximate surface area is 84.9 Å². The topological polar surface area (TPSA) is 29.1 Å². The van der Waals surface area contributed by atoms with Crippen molar-refractivity contribution in [1.29, 1.82) is 0 Å². The summed E-state index contributed by atoms with van der Waals surface area (Å²) in [6.07, 6.45) is 2.07. The van der Waals surface area contributed by atoms with Crippen LogP contribution in [0.25, 0.3) is 0 Å². The average molecular weight is 205 g/mol. The van der Waals surface area contributed by atoms with Crippen molar-refractivity contribution in [2.45, 2.75) is 51.8 Å². The minimum atomic E-state index is -0.659. The van der Waals surface area contributed by atoms with Gasteiger partial charge in [0.2, 0.25) is 0 Å². The van der Waals surface area contributed by atoms with Crippen LogP contribution in [0.4, 0.5) is 0 Å². The number of rotatable bonds is 7. The third-order valence-corrected chi connectivity index (χ3v) is 4.34. The predicted octanol–water partition coefficient (Wildman–Crippen LogP) is 1.92. The lowest BCUT2D eigenvalue weighted by molar-refractivity contribution is 0.551. The summed E-state index contributed by atoms with van der Waals surface area (Å²) < 4.78 is 11.7. The molecule has 0 rings (SSSR count). The lowest BCUT2D eigenvalue weighted by atomic mass is 10.2. The van der Waals surface area contributed by atoms with E-state index in [1.54, 1.807) is 0 Å². The van der Waals surface area contributed by atoms with Gasteiger partial charge in [0.15, 0.2) is 0 Å². The fraction of sp³-hybridized carbons (Fsp3) is 1.00. The third kappa shape index (κ3) is 5.42. The Morgan fingerprint density at radius 3 is 2.23 bits per heavy atom. The van der Waals surface area contributed by atoms with Crippen molar-refractivity contribution in [3.05, 3.63) is 0 Å². The summed E-state index contributed by atoms with van der Waals surface area (Å²) in [5.74, 6) is 0.805. The Balaban J connectivity index is 3.85. The van der Waals surface area contributed by atoms with Crippen molar-refractivity contribution in [3.8, 4) is 0 Å². The van der Waals surface area contributed by atoms with E-state index in [4.69, 9.17) is 0 Å². The van der Waals surface area contributed by atoms with Gasteiger partial charge in [-0.15, -0.1) is 0 Å². The first-order valence-corrected chi connectivity index (χ1v) is 6.64. The lowest BCUT2D eigenvalue weighted by Gasteiger charge is -2.17. The quantitative estimate of drug-likeness (QED) is 0.688. The van der Waals surface area contributed by atoms with Gasteiger partial charge in [-0.3, -0.25) is 4.21 Å². The third-order valence-electron chi connectivity index (χ3n) is 2.37. The zero-order valence-electron chi connectivity index (χ0n) is 9.30. The van der Waals surface area contributed by atoms with Gasteiger partial charge in [0, 0.05) is 27.8 Å². The van der Waals surface area contributed by atoms with Crippen LogP contribution in [0.5, 0.6) is 0 Å². The van der Waals surface area contributed by atoms with E-state index >= 15 is 0 Å². The fourth-order valence-corrected chi connectivity index (χ4v) is 2.61. The van der Waals surface area contributed by atoms with E-state index in [2.05, 4.69) is 33.0 Å². The summed E-state index contributed by atoms with van der Waals surface area (Å²) in [4.78, 5) is 0. The Bertz CT molecular complexity index is 150. The molecule has 0 amide bonds. The SMILES string of the molecule is CCNC(CC)CS(=O)C(C)CC. The highest BCUT2D eigenvalue weighted by atomic mass is 32.2. The Kier molecular flexibility index (Phi) is 7.57. The molecule has 0 aliphatic heterocycles. The molecule has 0 saturated heterocycles. The molecular weight excluding hydrogens is 182 g/mol. The second kappa shape index (κ2) is 7.51. The molecule has 1 N–H and O–H groups in total. The van der Waals surface area contributed by atoms with Crippen molar-refractivity contribution in [2.75, 3.05) is 12.3 Å². The van der Waals surface area contributed by atoms with Crippen LogP contribution < -0.4 is 5.32 Å². The summed E-state index contributed by atoms with van der Waals surface area (Å²) in [5.41, 5.74) is 0. The zero-order chi connectivity index (χ0) is 10.3. The van der Waals surface area contributed by atoms with Gasteiger partial charge in [0.05, 0.1) is 0 Å². The van der Waals surface area contributed by atoms with Gasteiger partial charge in [-0.1, -0.05) is 27.7 Å². The maximum Gasteiger partial charge on any atom is 0.0391 e. The maximum atomic E-state index is 11.7. The van der Waals surface area contributed by atoms with Crippen LogP contribution in [0.1, 0.15) is 40.5 Å². The van der Waals surface area contributed by atoms with Crippen LogP contribution in [0.15, 0.2) is 0 Å². The molecule has 0 aromatic heterocycles. The van der Waals surface area contributed by atoms with Gasteiger partial charge < -0.3 is 5.32 Å². The van der Waals surface area contributed by atoms with Crippen LogP contribution in [0, 0.1) is 0 Å². The molecule has 0 aromatic rings. The van der Waals surface area contributed by atoms with Crippen LogP contribution in [0.2, 0.25) is 0 Å². The molecule has 3 atom stereocenters. The molecular formula is C10H23NOS. The molecule has 0 heterocycles. The molecule has 0 saturated carbocycles. The van der Waals surface area contributed by atoms with E-state index in [1.165, 1.54) is 0 Å². The van der Waals surface area contributed by atoms with Crippen molar-refractivity contribution < 1.29 is 4.21 Å². The van der Waals surface area contributed by atoms with E-state index in [9.17, 15) is 4.21 Å². The standard InChI is InChI=1S/C10H23NOS/c1-5-9(4)13(12)8-10(6-2)11-7-3/h9-11H,5-8H2,1-4H3. The summed E-state index contributed by atoms with van der Waals surface area (Å²) in [7, 11) is -0.659. The fourth-order valence-electron chi connectivity index (χ4n) is 1.16. The largest absolute Gasteiger partial charge is 0.313 e. The normalized spacial score (nSPS) is 18.2. The van der Waals surface area contributed by atoms with Gasteiger partial charge in [0.25, 0.3) is 0 Å². The highest BCUT2D eigenvalue weighted by Gasteiger charge is 2.13. The van der Waals surface area contributed by atoms with Crippen molar-refractivity contribution in [3.63, 3.8) is 0 Å². The molecule has 0 aliphatic carbocycles. The number of hydrogen-bond acceptors (Lipinski definition) is 2. The zero-order valence-corrected chi connectivity index (χ0v) is 10.1. The molecule has 3 unspecified atom stereocenters. The first kappa shape index (κ1) is 13.1. The van der Waals surface area contributed by atoms with Crippen molar-refractivity contribution >= 4 is 10.8 Å². The molecule has 0 spiro atoms. The first-order chi connectivity index (χ1) is 6.15. The highest BCUT2D eigenvalue weighted by molar-refractivity contribution is 7.85. The number of hydrogen-bond donors (Lipinski definition) is 1. The smallest absolute Gasteiger partial charge is 0.0391 e. The number of nitrogens with one attached hydrogen (secondary N) is 1. The average Bonchev–Trinajstić information content (AvgIpc) is 2.15. The van der Waals surface area contributed by atoms with Gasteiger partial charge in [-0.25, -0.2) is 0 Å². The molecule has 2 nitrogen and oxygen atoms in total. The van der Waals surface area contributed by atoms with Gasteiger partial charge in [0.1, 0.15) is 0 Å². The van der Waals surface area contributed by atoms with Gasteiger partial charge in [-0.2, -0.15) is 0 Å². The van der Waals surface area contributed by atoms with Crippen molar-refractivity contribution in [2.24, 2.45) is 0 Å². The van der Waals surface area contributed by atoms with Crippen LogP contribution in [-0.4, -0.2) is 27.8 Å². The highest BCUT2D eigenvalue weighted by Crippen LogP contribution is 2.04. The monoisotopic (exact) mass is 205 g/mol. The van der Waals surface area contributed by atoms with E-state index in [1.807, 2.05) is 0 Å². The lowest BCUT2D eigenvalue weighted by Crippen LogP contribution is -2.35. The Morgan fingerprint density at radius 1 is 1.23 bits per heavy atom. The summed E-state index contributed by atoms with van der Waals surface area (Å²) >= 11 is 0. The van der Waals surface area contributed by atoms with Crippen LogP contribution in [-0.2, 0) is 10.8 Å². The summed E-state index contributed by atoms with van der Waals surface area (Å²) in [6, 6.07) is 0.430. The summed E-state index contributed by atoms with van der Waals surface area (Å²) in [6.45, 7) is 9.36. The second-order valence-corrected chi connectivity index (χ2v) is 5.33. The molecule has 0 radical (unpaired) electrons. The summed E-state index contributed by atoms with van der Waals surface area (Å²) in [5, 5.41) is 3.69. The van der Waals surface area contributed by atoms with Gasteiger partial charge >= 0.3 is 0 Å². The van der Waals surface area contributed by atoms with Crippen LogP contribution in [0.3, 0.4) is 0 Å². The Hall–Kier alpha value is 0.110. The molecule has 0 bridgehead atoms. The molecule has 0 fully saturated rings. The van der Waals surface area contributed by atoms with Crippen LogP contribution >= 0.6 is 0 Å². The van der Waals surface area contributed by atoms with E-state index in [0.29, 0.717) is 11.3 Å². The maximum absolute atomic E-state index is 11.7. The molecule has 3 heteroatoms.